The Labute approximate surface area is 208 Å². The third-order valence-corrected chi connectivity index (χ3v) is 8.18. The van der Waals surface area contributed by atoms with Gasteiger partial charge in [-0.25, -0.2) is 13.8 Å². The lowest BCUT2D eigenvalue weighted by molar-refractivity contribution is 0.242. The zero-order chi connectivity index (χ0) is 25.5. The number of nitrogens with zero attached hydrogens (tertiary/aromatic N) is 5. The van der Waals surface area contributed by atoms with Crippen molar-refractivity contribution in [2.75, 3.05) is 0 Å². The summed E-state index contributed by atoms with van der Waals surface area (Å²) in [5.41, 5.74) is 2.96. The van der Waals surface area contributed by atoms with Gasteiger partial charge in [0.05, 0.1) is 34.3 Å². The Kier molecular flexibility index (Phi) is 4.75. The van der Waals surface area contributed by atoms with Crippen LogP contribution in [0, 0.1) is 17.0 Å². The molecule has 1 aromatic carbocycles. The molecule has 0 spiro atoms. The van der Waals surface area contributed by atoms with E-state index in [9.17, 15) is 8.78 Å². The van der Waals surface area contributed by atoms with Crippen molar-refractivity contribution in [2.24, 2.45) is 5.41 Å². The highest BCUT2D eigenvalue weighted by Gasteiger charge is 2.65. The predicted molar refractivity (Wildman–Crippen MR) is 130 cm³/mol. The molecule has 2 bridgehead atoms. The summed E-state index contributed by atoms with van der Waals surface area (Å²) < 4.78 is 34.6. The number of halogens is 2. The van der Waals surface area contributed by atoms with Crippen LogP contribution in [0.15, 0.2) is 47.2 Å². The summed E-state index contributed by atoms with van der Waals surface area (Å²) in [5, 5.41) is 13.1. The second-order valence-electron chi connectivity index (χ2n) is 11.5. The van der Waals surface area contributed by atoms with Crippen LogP contribution in [-0.4, -0.2) is 25.3 Å². The van der Waals surface area contributed by atoms with Crippen LogP contribution in [0.25, 0.3) is 22.6 Å². The van der Waals surface area contributed by atoms with Gasteiger partial charge < -0.3 is 4.52 Å². The van der Waals surface area contributed by atoms with Crippen LogP contribution in [0.5, 0.6) is 0 Å². The molecule has 2 aliphatic rings. The quantitative estimate of drug-likeness (QED) is 0.334. The lowest BCUT2D eigenvalue weighted by Gasteiger charge is -2.37. The monoisotopic (exact) mass is 487 g/mol. The van der Waals surface area contributed by atoms with Gasteiger partial charge in [-0.15, -0.1) is 5.10 Å². The van der Waals surface area contributed by atoms with Gasteiger partial charge in [-0.1, -0.05) is 45.8 Å². The van der Waals surface area contributed by atoms with Gasteiger partial charge in [0, 0.05) is 17.7 Å². The average Bonchev–Trinajstić information content (AvgIpc) is 3.48. The summed E-state index contributed by atoms with van der Waals surface area (Å²) in [5.74, 6) is -0.375. The minimum Gasteiger partial charge on any atom is -0.360 e. The van der Waals surface area contributed by atoms with Crippen LogP contribution in [0.2, 0.25) is 0 Å². The molecular weight excluding hydrogens is 460 g/mol. The van der Waals surface area contributed by atoms with Crippen molar-refractivity contribution < 1.29 is 13.3 Å². The highest BCUT2D eigenvalue weighted by molar-refractivity contribution is 5.64. The SMILES string of the molecule is CC(C)(C)c1cc(-c2cncc([C@@]34CC[C@@H](c5cc(-c6c(F)cccc6F)nnc53)C4(C)C)n2)no1. The summed E-state index contributed by atoms with van der Waals surface area (Å²) in [6.07, 6.45) is 5.23. The molecule has 3 aromatic heterocycles. The molecule has 0 unspecified atom stereocenters. The van der Waals surface area contributed by atoms with Crippen LogP contribution >= 0.6 is 0 Å². The number of benzene rings is 1. The van der Waals surface area contributed by atoms with Crippen molar-refractivity contribution in [1.82, 2.24) is 25.3 Å². The Morgan fingerprint density at radius 1 is 0.972 bits per heavy atom. The minimum absolute atomic E-state index is 0.148. The molecule has 4 aromatic rings. The number of hydrogen-bond donors (Lipinski definition) is 0. The number of rotatable bonds is 3. The van der Waals surface area contributed by atoms with E-state index in [-0.39, 0.29) is 28.0 Å². The summed E-state index contributed by atoms with van der Waals surface area (Å²) in [7, 11) is 0. The zero-order valence-electron chi connectivity index (χ0n) is 20.9. The van der Waals surface area contributed by atoms with Crippen molar-refractivity contribution in [3.8, 4) is 22.6 Å². The number of aromatic nitrogens is 5. The molecule has 36 heavy (non-hydrogen) atoms. The zero-order valence-corrected chi connectivity index (χ0v) is 20.9. The molecule has 184 valence electrons. The van der Waals surface area contributed by atoms with Gasteiger partial charge in [0.2, 0.25) is 0 Å². The molecule has 3 heterocycles. The van der Waals surface area contributed by atoms with Gasteiger partial charge in [0.1, 0.15) is 28.8 Å². The molecular formula is C28H27F2N5O. The third-order valence-electron chi connectivity index (χ3n) is 8.18. The molecule has 0 N–H and O–H groups in total. The van der Waals surface area contributed by atoms with Crippen molar-refractivity contribution in [1.29, 1.82) is 0 Å². The van der Waals surface area contributed by atoms with Gasteiger partial charge in [-0.2, -0.15) is 5.10 Å². The van der Waals surface area contributed by atoms with Gasteiger partial charge in [0.25, 0.3) is 0 Å². The second kappa shape index (κ2) is 7.48. The first kappa shape index (κ1) is 22.9. The Balaban J connectivity index is 1.48. The molecule has 8 heteroatoms. The van der Waals surface area contributed by atoms with Crippen LogP contribution < -0.4 is 0 Å². The molecule has 0 radical (unpaired) electrons. The Bertz CT molecular complexity index is 1490. The Hall–Kier alpha value is -3.55. The molecule has 0 amide bonds. The molecule has 6 rings (SSSR count). The van der Waals surface area contributed by atoms with E-state index in [0.717, 1.165) is 35.6 Å². The van der Waals surface area contributed by atoms with E-state index in [2.05, 4.69) is 55.0 Å². The summed E-state index contributed by atoms with van der Waals surface area (Å²) in [6, 6.07) is 7.54. The van der Waals surface area contributed by atoms with E-state index in [0.29, 0.717) is 11.4 Å². The Morgan fingerprint density at radius 2 is 1.72 bits per heavy atom. The van der Waals surface area contributed by atoms with Gasteiger partial charge in [0.15, 0.2) is 0 Å². The largest absolute Gasteiger partial charge is 0.360 e. The first-order valence-electron chi connectivity index (χ1n) is 12.2. The van der Waals surface area contributed by atoms with Gasteiger partial charge in [-0.3, -0.25) is 4.98 Å². The van der Waals surface area contributed by atoms with Crippen LogP contribution in [0.4, 0.5) is 8.78 Å². The summed E-state index contributed by atoms with van der Waals surface area (Å²) in [6.45, 7) is 10.6. The maximum atomic E-state index is 14.5. The predicted octanol–water partition coefficient (Wildman–Crippen LogP) is 6.37. The third kappa shape index (κ3) is 3.02. The van der Waals surface area contributed by atoms with E-state index in [1.54, 1.807) is 12.4 Å². The normalized spacial score (nSPS) is 22.1. The fourth-order valence-corrected chi connectivity index (χ4v) is 6.20. The van der Waals surface area contributed by atoms with Crippen molar-refractivity contribution in [3.63, 3.8) is 0 Å². The van der Waals surface area contributed by atoms with E-state index >= 15 is 0 Å². The number of fused-ring (bicyclic) bond motifs is 5. The van der Waals surface area contributed by atoms with Gasteiger partial charge >= 0.3 is 0 Å². The Morgan fingerprint density at radius 3 is 2.42 bits per heavy atom. The second-order valence-corrected chi connectivity index (χ2v) is 11.5. The van der Waals surface area contributed by atoms with Crippen molar-refractivity contribution >= 4 is 0 Å². The van der Waals surface area contributed by atoms with Crippen LogP contribution in [-0.2, 0) is 10.8 Å². The average molecular weight is 488 g/mol. The maximum absolute atomic E-state index is 14.5. The van der Waals surface area contributed by atoms with E-state index in [1.165, 1.54) is 18.2 Å². The van der Waals surface area contributed by atoms with E-state index in [1.807, 2.05) is 12.1 Å². The van der Waals surface area contributed by atoms with Crippen molar-refractivity contribution in [3.05, 3.63) is 77.1 Å². The first-order valence-corrected chi connectivity index (χ1v) is 12.2. The fraction of sp³-hybridized carbons (Fsp3) is 0.393. The summed E-state index contributed by atoms with van der Waals surface area (Å²) in [4.78, 5) is 9.54. The van der Waals surface area contributed by atoms with Gasteiger partial charge in [-0.05, 0) is 47.9 Å². The van der Waals surface area contributed by atoms with Crippen molar-refractivity contribution in [2.45, 2.75) is 64.2 Å². The first-order chi connectivity index (χ1) is 17.0. The minimum atomic E-state index is -0.651. The van der Waals surface area contributed by atoms with Crippen LogP contribution in [0.1, 0.15) is 76.1 Å². The van der Waals surface area contributed by atoms with E-state index < -0.39 is 17.0 Å². The topological polar surface area (TPSA) is 77.6 Å². The maximum Gasteiger partial charge on any atom is 0.142 e. The molecule has 6 nitrogen and oxygen atoms in total. The summed E-state index contributed by atoms with van der Waals surface area (Å²) >= 11 is 0. The number of hydrogen-bond acceptors (Lipinski definition) is 6. The molecule has 2 atom stereocenters. The lowest BCUT2D eigenvalue weighted by atomic mass is 9.66. The highest BCUT2D eigenvalue weighted by Crippen LogP contribution is 2.69. The molecule has 2 aliphatic carbocycles. The molecule has 1 fully saturated rings. The standard InChI is InChI=1S/C28H27F2N5O/c1-26(2,3)23-12-19(35-36-23)21-13-31-14-22(32-21)28-10-9-16(27(28,4)5)15-11-20(33-34-25(15)28)24-17(29)7-6-8-18(24)30/h6-8,11-14,16H,9-10H2,1-5H3/t16-,28-/m0/s1. The molecule has 1 saturated carbocycles. The molecule has 0 saturated heterocycles. The molecule has 0 aliphatic heterocycles. The van der Waals surface area contributed by atoms with Crippen LogP contribution in [0.3, 0.4) is 0 Å². The smallest absolute Gasteiger partial charge is 0.142 e. The van der Waals surface area contributed by atoms with E-state index in [4.69, 9.17) is 9.51 Å². The lowest BCUT2D eigenvalue weighted by Crippen LogP contribution is -2.38. The highest BCUT2D eigenvalue weighted by atomic mass is 19.1. The fourth-order valence-electron chi connectivity index (χ4n) is 6.20.